The van der Waals surface area contributed by atoms with E-state index in [0.29, 0.717) is 23.2 Å². The van der Waals surface area contributed by atoms with Crippen LogP contribution in [0.1, 0.15) is 16.7 Å². The van der Waals surface area contributed by atoms with Crippen molar-refractivity contribution in [2.45, 2.75) is 13.8 Å². The number of hydrogen-bond acceptors (Lipinski definition) is 4. The van der Waals surface area contributed by atoms with Gasteiger partial charge in [-0.3, -0.25) is 4.57 Å². The molecule has 0 aliphatic heterocycles. The summed E-state index contributed by atoms with van der Waals surface area (Å²) in [5, 5.41) is 17.8. The lowest BCUT2D eigenvalue weighted by Gasteiger charge is -2.13. The first-order chi connectivity index (χ1) is 30.0. The SMILES string of the molecule is Cc1ccc2c(c1)c1cc(C)ccc1n2-c1nc(-c2ccccc2)nc(-c2ccc(-n3c4ccccc4c4cc5c(cc43)c3ccccc3n5-c3ccccc3)c(C#N)c2)n1. The predicted molar refractivity (Wildman–Crippen MR) is 248 cm³/mol. The quantitative estimate of drug-likeness (QED) is 0.174. The molecule has 0 saturated carbocycles. The fraction of sp³-hybridized carbons (Fsp3) is 0.0370. The summed E-state index contributed by atoms with van der Waals surface area (Å²) < 4.78 is 6.71. The number of benzene rings is 8. The van der Waals surface area contributed by atoms with Crippen LogP contribution in [0.3, 0.4) is 0 Å². The summed E-state index contributed by atoms with van der Waals surface area (Å²) in [6.07, 6.45) is 0. The summed E-state index contributed by atoms with van der Waals surface area (Å²) in [5.41, 5.74) is 12.7. The monoisotopic (exact) mass is 781 g/mol. The molecule has 61 heavy (non-hydrogen) atoms. The molecule has 0 aliphatic carbocycles. The number of nitrogens with zero attached hydrogens (tertiary/aromatic N) is 7. The molecule has 0 bridgehead atoms. The minimum atomic E-state index is 0.485. The van der Waals surface area contributed by atoms with Gasteiger partial charge in [-0.15, -0.1) is 0 Å². The van der Waals surface area contributed by atoms with Gasteiger partial charge in [-0.2, -0.15) is 15.2 Å². The number of nitriles is 1. The van der Waals surface area contributed by atoms with E-state index in [-0.39, 0.29) is 0 Å². The molecular weight excluding hydrogens is 747 g/mol. The highest BCUT2D eigenvalue weighted by atomic mass is 15.2. The molecule has 0 spiro atoms. The van der Waals surface area contributed by atoms with E-state index >= 15 is 0 Å². The Morgan fingerprint density at radius 3 is 1.52 bits per heavy atom. The van der Waals surface area contributed by atoms with E-state index in [1.54, 1.807) is 0 Å². The first-order valence-electron chi connectivity index (χ1n) is 20.4. The highest BCUT2D eigenvalue weighted by molar-refractivity contribution is 6.19. The molecule has 286 valence electrons. The lowest BCUT2D eigenvalue weighted by atomic mass is 10.1. The third-order valence-electron chi connectivity index (χ3n) is 12.0. The highest BCUT2D eigenvalue weighted by Crippen LogP contribution is 2.41. The van der Waals surface area contributed by atoms with Crippen molar-refractivity contribution >= 4 is 65.4 Å². The van der Waals surface area contributed by atoms with Crippen LogP contribution in [0.25, 0.3) is 106 Å². The molecule has 0 saturated heterocycles. The van der Waals surface area contributed by atoms with Gasteiger partial charge in [0, 0.05) is 49.1 Å². The first kappa shape index (κ1) is 34.7. The standard InChI is InChI=1S/C54H35N7/c1-33-21-24-48-41(27-33)42-28-34(2)22-25-49(42)61(48)54-57-52(35-13-5-3-6-14-35)56-53(58-54)36-23-26-45(37(29-36)32-55)60-47-20-12-10-18-40(47)44-30-50-43(31-51(44)60)39-17-9-11-19-46(39)59(50)38-15-7-4-8-16-38/h3-31H,1-2H3. The van der Waals surface area contributed by atoms with Crippen molar-refractivity contribution in [3.05, 3.63) is 193 Å². The van der Waals surface area contributed by atoms with Crippen LogP contribution in [-0.4, -0.2) is 28.7 Å². The van der Waals surface area contributed by atoms with E-state index in [9.17, 15) is 5.26 Å². The van der Waals surface area contributed by atoms with E-state index < -0.39 is 0 Å². The fourth-order valence-electron chi connectivity index (χ4n) is 9.28. The largest absolute Gasteiger partial charge is 0.309 e. The second-order valence-electron chi connectivity index (χ2n) is 15.8. The Hall–Kier alpha value is -8.34. The van der Waals surface area contributed by atoms with E-state index in [0.717, 1.165) is 82.5 Å². The summed E-state index contributed by atoms with van der Waals surface area (Å²) in [7, 11) is 0. The van der Waals surface area contributed by atoms with Crippen LogP contribution in [0.5, 0.6) is 0 Å². The zero-order chi connectivity index (χ0) is 40.8. The summed E-state index contributed by atoms with van der Waals surface area (Å²) in [6, 6.07) is 63.7. The van der Waals surface area contributed by atoms with Gasteiger partial charge in [0.1, 0.15) is 6.07 Å². The Morgan fingerprint density at radius 2 is 0.902 bits per heavy atom. The molecule has 0 fully saturated rings. The first-order valence-corrected chi connectivity index (χ1v) is 20.4. The van der Waals surface area contributed by atoms with Gasteiger partial charge < -0.3 is 9.13 Å². The third kappa shape index (κ3) is 5.33. The van der Waals surface area contributed by atoms with Crippen LogP contribution in [0.2, 0.25) is 0 Å². The molecule has 0 aliphatic rings. The van der Waals surface area contributed by atoms with Crippen molar-refractivity contribution in [3.63, 3.8) is 0 Å². The molecule has 4 aromatic heterocycles. The Bertz CT molecular complexity index is 3730. The number of para-hydroxylation sites is 3. The molecule has 4 heterocycles. The summed E-state index contributed by atoms with van der Waals surface area (Å²) in [6.45, 7) is 4.24. The zero-order valence-corrected chi connectivity index (χ0v) is 33.4. The summed E-state index contributed by atoms with van der Waals surface area (Å²) in [4.78, 5) is 15.4. The van der Waals surface area contributed by atoms with Gasteiger partial charge in [0.25, 0.3) is 0 Å². The number of aromatic nitrogens is 6. The van der Waals surface area contributed by atoms with Gasteiger partial charge in [-0.05, 0) is 92.7 Å². The number of aryl methyl sites for hydroxylation is 2. The molecule has 0 radical (unpaired) electrons. The highest BCUT2D eigenvalue weighted by Gasteiger charge is 2.22. The van der Waals surface area contributed by atoms with Gasteiger partial charge in [0.15, 0.2) is 11.6 Å². The Balaban J connectivity index is 1.08. The van der Waals surface area contributed by atoms with Crippen molar-refractivity contribution in [1.29, 1.82) is 5.26 Å². The fourth-order valence-corrected chi connectivity index (χ4v) is 9.28. The van der Waals surface area contributed by atoms with Crippen LogP contribution in [0.15, 0.2) is 176 Å². The third-order valence-corrected chi connectivity index (χ3v) is 12.0. The normalized spacial score (nSPS) is 11.8. The minimum Gasteiger partial charge on any atom is -0.309 e. The van der Waals surface area contributed by atoms with Crippen molar-refractivity contribution in [3.8, 4) is 46.2 Å². The van der Waals surface area contributed by atoms with Gasteiger partial charge in [0.2, 0.25) is 5.95 Å². The molecule has 7 heteroatoms. The second kappa shape index (κ2) is 13.3. The number of rotatable bonds is 5. The number of fused-ring (bicyclic) bond motifs is 9. The van der Waals surface area contributed by atoms with Crippen LogP contribution >= 0.6 is 0 Å². The van der Waals surface area contributed by atoms with Crippen molar-refractivity contribution in [1.82, 2.24) is 28.7 Å². The predicted octanol–water partition coefficient (Wildman–Crippen LogP) is 13.0. The second-order valence-corrected chi connectivity index (χ2v) is 15.8. The molecule has 0 amide bonds. The maximum absolute atomic E-state index is 11.0. The maximum Gasteiger partial charge on any atom is 0.238 e. The van der Waals surface area contributed by atoms with Gasteiger partial charge >= 0.3 is 0 Å². The van der Waals surface area contributed by atoms with Crippen LogP contribution in [-0.2, 0) is 0 Å². The van der Waals surface area contributed by atoms with E-state index in [1.807, 2.05) is 48.5 Å². The van der Waals surface area contributed by atoms with Crippen molar-refractivity contribution in [2.75, 3.05) is 0 Å². The lowest BCUT2D eigenvalue weighted by Crippen LogP contribution is -2.07. The van der Waals surface area contributed by atoms with Gasteiger partial charge in [-0.1, -0.05) is 108 Å². The van der Waals surface area contributed by atoms with Crippen LogP contribution < -0.4 is 0 Å². The van der Waals surface area contributed by atoms with E-state index in [2.05, 4.69) is 161 Å². The molecule has 8 aromatic carbocycles. The lowest BCUT2D eigenvalue weighted by molar-refractivity contribution is 0.953. The summed E-state index contributed by atoms with van der Waals surface area (Å²) >= 11 is 0. The average molecular weight is 782 g/mol. The molecule has 12 aromatic rings. The topological polar surface area (TPSA) is 77.2 Å². The van der Waals surface area contributed by atoms with Crippen molar-refractivity contribution < 1.29 is 0 Å². The average Bonchev–Trinajstić information content (AvgIpc) is 3.93. The van der Waals surface area contributed by atoms with E-state index in [1.165, 1.54) is 16.5 Å². The Kier molecular flexibility index (Phi) is 7.59. The van der Waals surface area contributed by atoms with E-state index in [4.69, 9.17) is 15.0 Å². The molecule has 12 rings (SSSR count). The van der Waals surface area contributed by atoms with Crippen LogP contribution in [0.4, 0.5) is 0 Å². The molecule has 0 atom stereocenters. The van der Waals surface area contributed by atoms with Gasteiger partial charge in [-0.25, -0.2) is 4.98 Å². The Labute approximate surface area is 350 Å². The van der Waals surface area contributed by atoms with Crippen molar-refractivity contribution in [2.24, 2.45) is 0 Å². The molecular formula is C54H35N7. The smallest absolute Gasteiger partial charge is 0.238 e. The zero-order valence-electron chi connectivity index (χ0n) is 33.4. The molecule has 0 N–H and O–H groups in total. The molecule has 0 unspecified atom stereocenters. The molecule has 7 nitrogen and oxygen atoms in total. The Morgan fingerprint density at radius 1 is 0.393 bits per heavy atom. The summed E-state index contributed by atoms with van der Waals surface area (Å²) in [5.74, 6) is 1.55. The maximum atomic E-state index is 11.0. The minimum absolute atomic E-state index is 0.485. The van der Waals surface area contributed by atoms with Crippen LogP contribution in [0, 0.1) is 25.2 Å². The number of hydrogen-bond donors (Lipinski definition) is 0. The van der Waals surface area contributed by atoms with Gasteiger partial charge in [0.05, 0.1) is 44.4 Å².